The molecule has 2 rings (SSSR count). The predicted molar refractivity (Wildman–Crippen MR) is 71.9 cm³/mol. The first-order valence-corrected chi connectivity index (χ1v) is 6.41. The monoisotopic (exact) mass is 265 g/mol. The molecular weight excluding hydrogens is 246 g/mol. The molecule has 1 aromatic rings. The van der Waals surface area contributed by atoms with Crippen molar-refractivity contribution in [2.75, 3.05) is 31.8 Å². The zero-order valence-corrected chi connectivity index (χ0v) is 11.3. The number of hydrogen-bond donors (Lipinski definition) is 1. The highest BCUT2D eigenvalue weighted by atomic mass is 16.6. The number of carbonyl (C=O) groups excluding carboxylic acids is 1. The van der Waals surface area contributed by atoms with Crippen LogP contribution in [0.5, 0.6) is 11.5 Å². The van der Waals surface area contributed by atoms with Crippen molar-refractivity contribution in [3.63, 3.8) is 0 Å². The normalized spacial score (nSPS) is 13.2. The number of aliphatic hydroxyl groups excluding tert-OH is 1. The molecule has 0 aliphatic carbocycles. The summed E-state index contributed by atoms with van der Waals surface area (Å²) < 4.78 is 11.0. The van der Waals surface area contributed by atoms with Crippen LogP contribution in [0, 0.1) is 6.92 Å². The Kier molecular flexibility index (Phi) is 4.27. The number of nitrogens with zero attached hydrogens (tertiary/aromatic N) is 1. The second kappa shape index (κ2) is 5.93. The van der Waals surface area contributed by atoms with Crippen LogP contribution < -0.4 is 14.4 Å². The summed E-state index contributed by atoms with van der Waals surface area (Å²) >= 11 is 0. The van der Waals surface area contributed by atoms with E-state index < -0.39 is 0 Å². The van der Waals surface area contributed by atoms with Gasteiger partial charge in [-0.2, -0.15) is 0 Å². The van der Waals surface area contributed by atoms with Crippen molar-refractivity contribution in [3.8, 4) is 11.5 Å². The van der Waals surface area contributed by atoms with Crippen LogP contribution in [0.4, 0.5) is 5.69 Å². The lowest BCUT2D eigenvalue weighted by molar-refractivity contribution is -0.118. The number of amides is 1. The Morgan fingerprint density at radius 2 is 1.95 bits per heavy atom. The van der Waals surface area contributed by atoms with Crippen LogP contribution in [0.3, 0.4) is 0 Å². The first kappa shape index (κ1) is 13.7. The van der Waals surface area contributed by atoms with Crippen LogP contribution >= 0.6 is 0 Å². The van der Waals surface area contributed by atoms with Crippen molar-refractivity contribution in [2.24, 2.45) is 0 Å². The molecule has 0 fully saturated rings. The SMILES string of the molecule is Cc1cc2c(cc1N(C)C(=O)CCCO)OCCO2. The van der Waals surface area contributed by atoms with Gasteiger partial charge in [0.2, 0.25) is 5.91 Å². The molecule has 0 saturated carbocycles. The van der Waals surface area contributed by atoms with Gasteiger partial charge in [-0.3, -0.25) is 4.79 Å². The molecule has 0 atom stereocenters. The minimum absolute atomic E-state index is 0.0196. The van der Waals surface area contributed by atoms with E-state index in [1.165, 1.54) is 0 Å². The number of fused-ring (bicyclic) bond motifs is 1. The molecular formula is C14H19NO4. The molecule has 0 unspecified atom stereocenters. The maximum atomic E-state index is 12.0. The fourth-order valence-corrected chi connectivity index (χ4v) is 2.07. The average molecular weight is 265 g/mol. The van der Waals surface area contributed by atoms with Gasteiger partial charge in [0.15, 0.2) is 11.5 Å². The summed E-state index contributed by atoms with van der Waals surface area (Å²) in [4.78, 5) is 13.6. The Labute approximate surface area is 112 Å². The molecule has 1 aliphatic rings. The van der Waals surface area contributed by atoms with Crippen LogP contribution in [0.15, 0.2) is 12.1 Å². The van der Waals surface area contributed by atoms with Gasteiger partial charge in [-0.15, -0.1) is 0 Å². The molecule has 1 aliphatic heterocycles. The van der Waals surface area contributed by atoms with E-state index in [-0.39, 0.29) is 12.5 Å². The minimum Gasteiger partial charge on any atom is -0.486 e. The van der Waals surface area contributed by atoms with Crippen LogP contribution in [0.2, 0.25) is 0 Å². The van der Waals surface area contributed by atoms with Gasteiger partial charge in [-0.25, -0.2) is 0 Å². The third kappa shape index (κ3) is 2.98. The second-order valence-electron chi connectivity index (χ2n) is 4.56. The van der Waals surface area contributed by atoms with Crippen LogP contribution in [0.1, 0.15) is 18.4 Å². The Morgan fingerprint density at radius 1 is 1.32 bits per heavy atom. The summed E-state index contributed by atoms with van der Waals surface area (Å²) in [7, 11) is 1.73. The topological polar surface area (TPSA) is 59.0 Å². The second-order valence-corrected chi connectivity index (χ2v) is 4.56. The van der Waals surface area contributed by atoms with E-state index in [9.17, 15) is 4.79 Å². The highest BCUT2D eigenvalue weighted by Gasteiger charge is 2.18. The maximum Gasteiger partial charge on any atom is 0.226 e. The van der Waals surface area contributed by atoms with E-state index in [1.807, 2.05) is 19.1 Å². The van der Waals surface area contributed by atoms with Crippen LogP contribution in [0.25, 0.3) is 0 Å². The number of anilines is 1. The van der Waals surface area contributed by atoms with Crippen LogP contribution in [-0.4, -0.2) is 37.9 Å². The highest BCUT2D eigenvalue weighted by Crippen LogP contribution is 2.36. The van der Waals surface area contributed by atoms with Gasteiger partial charge in [0, 0.05) is 26.1 Å². The Hall–Kier alpha value is -1.75. The minimum atomic E-state index is -0.0196. The van der Waals surface area contributed by atoms with E-state index in [0.717, 1.165) is 17.0 Å². The fourth-order valence-electron chi connectivity index (χ4n) is 2.07. The first-order chi connectivity index (χ1) is 9.13. The van der Waals surface area contributed by atoms with Gasteiger partial charge >= 0.3 is 0 Å². The van der Waals surface area contributed by atoms with Gasteiger partial charge in [0.1, 0.15) is 13.2 Å². The highest BCUT2D eigenvalue weighted by molar-refractivity contribution is 5.94. The molecule has 5 nitrogen and oxygen atoms in total. The summed E-state index contributed by atoms with van der Waals surface area (Å²) in [6.45, 7) is 3.04. The molecule has 104 valence electrons. The number of ether oxygens (including phenoxy) is 2. The van der Waals surface area contributed by atoms with Crippen molar-refractivity contribution >= 4 is 11.6 Å². The zero-order chi connectivity index (χ0) is 13.8. The van der Waals surface area contributed by atoms with E-state index in [1.54, 1.807) is 11.9 Å². The quantitative estimate of drug-likeness (QED) is 0.896. The summed E-state index contributed by atoms with van der Waals surface area (Å²) in [5.41, 5.74) is 1.77. The lowest BCUT2D eigenvalue weighted by Gasteiger charge is -2.24. The average Bonchev–Trinajstić information content (AvgIpc) is 2.43. The lowest BCUT2D eigenvalue weighted by atomic mass is 10.1. The third-order valence-corrected chi connectivity index (χ3v) is 3.14. The van der Waals surface area contributed by atoms with Crippen molar-refractivity contribution in [2.45, 2.75) is 19.8 Å². The van der Waals surface area contributed by atoms with Crippen molar-refractivity contribution < 1.29 is 19.4 Å². The van der Waals surface area contributed by atoms with Crippen molar-refractivity contribution in [1.82, 2.24) is 0 Å². The molecule has 19 heavy (non-hydrogen) atoms. The zero-order valence-electron chi connectivity index (χ0n) is 11.3. The number of aliphatic hydroxyl groups is 1. The van der Waals surface area contributed by atoms with Crippen molar-refractivity contribution in [1.29, 1.82) is 0 Å². The number of carbonyl (C=O) groups is 1. The lowest BCUT2D eigenvalue weighted by Crippen LogP contribution is -2.27. The molecule has 1 N–H and O–H groups in total. The number of hydrogen-bond acceptors (Lipinski definition) is 4. The molecule has 5 heteroatoms. The largest absolute Gasteiger partial charge is 0.486 e. The Balaban J connectivity index is 2.21. The molecule has 0 aromatic heterocycles. The fraction of sp³-hybridized carbons (Fsp3) is 0.500. The molecule has 0 bridgehead atoms. The smallest absolute Gasteiger partial charge is 0.226 e. The molecule has 0 spiro atoms. The van der Waals surface area contributed by atoms with Crippen LogP contribution in [-0.2, 0) is 4.79 Å². The van der Waals surface area contributed by atoms with Gasteiger partial charge in [-0.05, 0) is 25.0 Å². The molecule has 0 saturated heterocycles. The van der Waals surface area contributed by atoms with E-state index in [4.69, 9.17) is 14.6 Å². The van der Waals surface area contributed by atoms with Crippen molar-refractivity contribution in [3.05, 3.63) is 17.7 Å². The maximum absolute atomic E-state index is 12.0. The number of rotatable bonds is 4. The number of benzene rings is 1. The summed E-state index contributed by atoms with van der Waals surface area (Å²) in [6.07, 6.45) is 0.813. The van der Waals surface area contributed by atoms with Gasteiger partial charge in [0.05, 0.1) is 5.69 Å². The standard InChI is InChI=1S/C14H19NO4/c1-10-8-12-13(19-7-6-18-12)9-11(10)15(2)14(17)4-3-5-16/h8-9,16H,3-7H2,1-2H3. The predicted octanol–water partition coefficient (Wildman–Crippen LogP) is 1.50. The third-order valence-electron chi connectivity index (χ3n) is 3.14. The number of aryl methyl sites for hydroxylation is 1. The molecule has 1 amide bonds. The van der Waals surface area contributed by atoms with Gasteiger partial charge in [-0.1, -0.05) is 0 Å². The molecule has 1 heterocycles. The molecule has 1 aromatic carbocycles. The van der Waals surface area contributed by atoms with Gasteiger partial charge < -0.3 is 19.5 Å². The molecule has 0 radical (unpaired) electrons. The summed E-state index contributed by atoms with van der Waals surface area (Å²) in [5, 5.41) is 8.77. The van der Waals surface area contributed by atoms with E-state index >= 15 is 0 Å². The summed E-state index contributed by atoms with van der Waals surface area (Å²) in [5.74, 6) is 1.38. The van der Waals surface area contributed by atoms with E-state index in [2.05, 4.69) is 0 Å². The Bertz CT molecular complexity index is 473. The Morgan fingerprint density at radius 3 is 2.58 bits per heavy atom. The van der Waals surface area contributed by atoms with E-state index in [0.29, 0.717) is 31.8 Å². The van der Waals surface area contributed by atoms with Gasteiger partial charge in [0.25, 0.3) is 0 Å². The summed E-state index contributed by atoms with van der Waals surface area (Å²) in [6, 6.07) is 3.72. The first-order valence-electron chi connectivity index (χ1n) is 6.41.